The lowest BCUT2D eigenvalue weighted by Crippen LogP contribution is -2.51. The number of nitrogens with zero attached hydrogens (tertiary/aromatic N) is 2. The van der Waals surface area contributed by atoms with Gasteiger partial charge in [-0.25, -0.2) is 8.42 Å². The van der Waals surface area contributed by atoms with Crippen molar-refractivity contribution in [3.05, 3.63) is 83.4 Å². The van der Waals surface area contributed by atoms with Crippen LogP contribution in [0.3, 0.4) is 0 Å². The number of unbranched alkanes of at least 4 members (excludes halogenated alkanes) is 1. The van der Waals surface area contributed by atoms with Crippen LogP contribution in [-0.4, -0.2) is 58.5 Å². The first-order valence-corrected chi connectivity index (χ1v) is 15.4. The molecule has 226 valence electrons. The Labute approximate surface area is 249 Å². The highest BCUT2D eigenvalue weighted by molar-refractivity contribution is 7.92. The van der Waals surface area contributed by atoms with E-state index in [0.29, 0.717) is 18.0 Å². The number of amides is 2. The van der Waals surface area contributed by atoms with E-state index in [-0.39, 0.29) is 23.0 Å². The molecule has 0 saturated carbocycles. The molecule has 1 atom stereocenters. The summed E-state index contributed by atoms with van der Waals surface area (Å²) in [5.41, 5.74) is 3.00. The number of carbonyl (C=O) groups is 2. The van der Waals surface area contributed by atoms with Crippen LogP contribution in [0, 0.1) is 13.8 Å². The predicted molar refractivity (Wildman–Crippen MR) is 164 cm³/mol. The van der Waals surface area contributed by atoms with Crippen LogP contribution in [-0.2, 0) is 26.2 Å². The first kappa shape index (κ1) is 32.5. The normalized spacial score (nSPS) is 11.9. The van der Waals surface area contributed by atoms with Gasteiger partial charge in [0.15, 0.2) is 11.5 Å². The van der Waals surface area contributed by atoms with Gasteiger partial charge in [0, 0.05) is 19.2 Å². The topological polar surface area (TPSA) is 105 Å². The zero-order chi connectivity index (χ0) is 30.9. The first-order chi connectivity index (χ1) is 20.0. The fraction of sp³-hybridized carbons (Fsp3) is 0.375. The molecule has 9 nitrogen and oxygen atoms in total. The molecule has 0 spiro atoms. The number of rotatable bonds is 14. The third kappa shape index (κ3) is 8.03. The van der Waals surface area contributed by atoms with Crippen molar-refractivity contribution >= 4 is 27.5 Å². The molecule has 1 unspecified atom stereocenters. The molecule has 2 amide bonds. The molecule has 10 heteroatoms. The molecular formula is C32H41N3O6S. The van der Waals surface area contributed by atoms with E-state index in [9.17, 15) is 18.0 Å². The van der Waals surface area contributed by atoms with E-state index in [1.165, 1.54) is 37.3 Å². The third-order valence-corrected chi connectivity index (χ3v) is 8.80. The van der Waals surface area contributed by atoms with Gasteiger partial charge in [0.1, 0.15) is 12.6 Å². The Morgan fingerprint density at radius 2 is 1.48 bits per heavy atom. The van der Waals surface area contributed by atoms with Crippen LogP contribution in [0.2, 0.25) is 0 Å². The first-order valence-electron chi connectivity index (χ1n) is 14.0. The Bertz CT molecular complexity index is 1460. The summed E-state index contributed by atoms with van der Waals surface area (Å²) in [5.74, 6) is -0.104. The van der Waals surface area contributed by atoms with Gasteiger partial charge in [-0.2, -0.15) is 0 Å². The highest BCUT2D eigenvalue weighted by Gasteiger charge is 2.33. The fourth-order valence-electron chi connectivity index (χ4n) is 4.36. The van der Waals surface area contributed by atoms with Crippen LogP contribution in [0.1, 0.15) is 43.4 Å². The van der Waals surface area contributed by atoms with Crippen molar-refractivity contribution < 1.29 is 27.5 Å². The average Bonchev–Trinajstić information content (AvgIpc) is 2.98. The van der Waals surface area contributed by atoms with E-state index >= 15 is 0 Å². The van der Waals surface area contributed by atoms with Gasteiger partial charge < -0.3 is 19.7 Å². The van der Waals surface area contributed by atoms with Crippen LogP contribution in [0.15, 0.2) is 71.6 Å². The molecular weight excluding hydrogens is 554 g/mol. The van der Waals surface area contributed by atoms with Crippen LogP contribution in [0.5, 0.6) is 11.5 Å². The summed E-state index contributed by atoms with van der Waals surface area (Å²) in [4.78, 5) is 28.6. The Kier molecular flexibility index (Phi) is 11.4. The van der Waals surface area contributed by atoms with E-state index in [1.807, 2.05) is 45.0 Å². The Balaban J connectivity index is 2.05. The molecule has 3 rings (SSSR count). The number of benzene rings is 3. The Morgan fingerprint density at radius 1 is 0.881 bits per heavy atom. The standard InChI is InChI=1S/C32H41N3O6S/c1-7-8-19-33-32(37)25(4)34(21-26-13-9-23(2)10-14-26)31(36)22-35(27-15-18-29(40-5)30(20-27)41-6)42(38,39)28-16-11-24(3)12-17-28/h9-18,20,25H,7-8,19,21-22H2,1-6H3,(H,33,37). The maximum absolute atomic E-state index is 14.1. The molecule has 0 bridgehead atoms. The van der Waals surface area contributed by atoms with Gasteiger partial charge in [0.25, 0.3) is 10.0 Å². The van der Waals surface area contributed by atoms with Crippen LogP contribution < -0.4 is 19.1 Å². The van der Waals surface area contributed by atoms with Crippen molar-refractivity contribution in [3.8, 4) is 11.5 Å². The summed E-state index contributed by atoms with van der Waals surface area (Å²) in [5, 5.41) is 2.89. The number of anilines is 1. The second-order valence-electron chi connectivity index (χ2n) is 10.2. The van der Waals surface area contributed by atoms with Gasteiger partial charge in [-0.05, 0) is 57.0 Å². The summed E-state index contributed by atoms with van der Waals surface area (Å²) in [6.07, 6.45) is 1.73. The lowest BCUT2D eigenvalue weighted by atomic mass is 10.1. The number of hydrogen-bond acceptors (Lipinski definition) is 6. The van der Waals surface area contributed by atoms with Crippen molar-refractivity contribution in [2.24, 2.45) is 0 Å². The average molecular weight is 596 g/mol. The van der Waals surface area contributed by atoms with Crippen molar-refractivity contribution in [2.45, 2.75) is 58.0 Å². The highest BCUT2D eigenvalue weighted by Crippen LogP contribution is 2.34. The molecule has 0 aliphatic rings. The summed E-state index contributed by atoms with van der Waals surface area (Å²) in [6.45, 7) is 7.60. The molecule has 3 aromatic carbocycles. The molecule has 42 heavy (non-hydrogen) atoms. The summed E-state index contributed by atoms with van der Waals surface area (Å²) < 4.78 is 39.9. The Morgan fingerprint density at radius 3 is 2.05 bits per heavy atom. The monoisotopic (exact) mass is 595 g/mol. The summed E-state index contributed by atoms with van der Waals surface area (Å²) >= 11 is 0. The van der Waals surface area contributed by atoms with Gasteiger partial charge in [-0.1, -0.05) is 60.9 Å². The largest absolute Gasteiger partial charge is 0.493 e. The number of aryl methyl sites for hydroxylation is 2. The lowest BCUT2D eigenvalue weighted by molar-refractivity contribution is -0.139. The lowest BCUT2D eigenvalue weighted by Gasteiger charge is -2.32. The van der Waals surface area contributed by atoms with Gasteiger partial charge in [0.2, 0.25) is 11.8 Å². The molecule has 0 aliphatic carbocycles. The van der Waals surface area contributed by atoms with Gasteiger partial charge in [-0.3, -0.25) is 13.9 Å². The quantitative estimate of drug-likeness (QED) is 0.267. The molecule has 0 aliphatic heterocycles. The number of sulfonamides is 1. The zero-order valence-electron chi connectivity index (χ0n) is 25.2. The van der Waals surface area contributed by atoms with Crippen molar-refractivity contribution in [2.75, 3.05) is 31.6 Å². The number of nitrogens with one attached hydrogen (secondary N) is 1. The highest BCUT2D eigenvalue weighted by atomic mass is 32.2. The minimum Gasteiger partial charge on any atom is -0.493 e. The van der Waals surface area contributed by atoms with Gasteiger partial charge >= 0.3 is 0 Å². The van der Waals surface area contributed by atoms with Crippen LogP contribution >= 0.6 is 0 Å². The second kappa shape index (κ2) is 14.7. The minimum atomic E-state index is -4.20. The fourth-order valence-corrected chi connectivity index (χ4v) is 5.76. The summed E-state index contributed by atoms with van der Waals surface area (Å²) in [7, 11) is -1.26. The molecule has 1 N–H and O–H groups in total. The third-order valence-electron chi connectivity index (χ3n) is 7.01. The molecule has 0 fully saturated rings. The Hall–Kier alpha value is -4.05. The van der Waals surface area contributed by atoms with E-state index in [2.05, 4.69) is 5.32 Å². The minimum absolute atomic E-state index is 0.0335. The second-order valence-corrected chi connectivity index (χ2v) is 12.1. The molecule has 0 aromatic heterocycles. The van der Waals surface area contributed by atoms with Crippen molar-refractivity contribution in [1.82, 2.24) is 10.2 Å². The number of carbonyl (C=O) groups excluding carboxylic acids is 2. The van der Waals surface area contributed by atoms with Crippen molar-refractivity contribution in [1.29, 1.82) is 0 Å². The SMILES string of the molecule is CCCCNC(=O)C(C)N(Cc1ccc(C)cc1)C(=O)CN(c1ccc(OC)c(OC)c1)S(=O)(=O)c1ccc(C)cc1. The molecule has 0 saturated heterocycles. The molecule has 0 radical (unpaired) electrons. The van der Waals surface area contributed by atoms with E-state index < -0.39 is 28.5 Å². The predicted octanol–water partition coefficient (Wildman–Crippen LogP) is 4.85. The smallest absolute Gasteiger partial charge is 0.264 e. The molecule has 0 heterocycles. The van der Waals surface area contributed by atoms with E-state index in [1.54, 1.807) is 31.2 Å². The molecule has 3 aromatic rings. The van der Waals surface area contributed by atoms with Gasteiger partial charge in [-0.15, -0.1) is 0 Å². The number of hydrogen-bond donors (Lipinski definition) is 1. The van der Waals surface area contributed by atoms with E-state index in [4.69, 9.17) is 9.47 Å². The zero-order valence-corrected chi connectivity index (χ0v) is 26.0. The number of ether oxygens (including phenoxy) is 2. The maximum Gasteiger partial charge on any atom is 0.264 e. The van der Waals surface area contributed by atoms with E-state index in [0.717, 1.165) is 33.8 Å². The summed E-state index contributed by atoms with van der Waals surface area (Å²) in [6, 6.07) is 17.9. The number of methoxy groups -OCH3 is 2. The van der Waals surface area contributed by atoms with Crippen molar-refractivity contribution in [3.63, 3.8) is 0 Å². The van der Waals surface area contributed by atoms with Crippen LogP contribution in [0.4, 0.5) is 5.69 Å². The van der Waals surface area contributed by atoms with Crippen LogP contribution in [0.25, 0.3) is 0 Å². The maximum atomic E-state index is 14.1. The van der Waals surface area contributed by atoms with Gasteiger partial charge in [0.05, 0.1) is 24.8 Å².